The molecule has 1 aliphatic rings. The summed E-state index contributed by atoms with van der Waals surface area (Å²) >= 11 is 0. The molecule has 86 valence electrons. The van der Waals surface area contributed by atoms with Crippen LogP contribution in [0.2, 0.25) is 0 Å². The highest BCUT2D eigenvalue weighted by molar-refractivity contribution is 5.28. The summed E-state index contributed by atoms with van der Waals surface area (Å²) in [5.41, 5.74) is 1.68. The second-order valence-corrected chi connectivity index (χ2v) is 5.95. The van der Waals surface area contributed by atoms with Crippen molar-refractivity contribution in [1.29, 1.82) is 0 Å². The van der Waals surface area contributed by atoms with E-state index in [1.165, 1.54) is 5.57 Å². The summed E-state index contributed by atoms with van der Waals surface area (Å²) in [5.74, 6) is 1.21. The quantitative estimate of drug-likeness (QED) is 0.735. The van der Waals surface area contributed by atoms with Gasteiger partial charge in [-0.1, -0.05) is 52.8 Å². The minimum absolute atomic E-state index is 0.276. The first-order chi connectivity index (χ1) is 6.82. The van der Waals surface area contributed by atoms with E-state index in [-0.39, 0.29) is 11.5 Å². The molecule has 0 radical (unpaired) electrons. The van der Waals surface area contributed by atoms with Gasteiger partial charge in [0.15, 0.2) is 0 Å². The molecule has 2 unspecified atom stereocenters. The molecule has 0 aromatic carbocycles. The Morgan fingerprint density at radius 2 is 1.93 bits per heavy atom. The van der Waals surface area contributed by atoms with Crippen LogP contribution in [0.3, 0.4) is 0 Å². The van der Waals surface area contributed by atoms with Crippen LogP contribution >= 0.6 is 0 Å². The van der Waals surface area contributed by atoms with E-state index in [1.807, 2.05) is 6.08 Å². The summed E-state index contributed by atoms with van der Waals surface area (Å²) < 4.78 is 0. The topological polar surface area (TPSA) is 20.2 Å². The van der Waals surface area contributed by atoms with Crippen LogP contribution in [0.5, 0.6) is 0 Å². The fourth-order valence-corrected chi connectivity index (χ4v) is 2.74. The minimum Gasteiger partial charge on any atom is -0.389 e. The van der Waals surface area contributed by atoms with Gasteiger partial charge in [-0.25, -0.2) is 0 Å². The van der Waals surface area contributed by atoms with E-state index in [0.717, 1.165) is 6.42 Å². The van der Waals surface area contributed by atoms with Crippen LogP contribution in [-0.4, -0.2) is 11.2 Å². The molecule has 2 atom stereocenters. The van der Waals surface area contributed by atoms with Crippen LogP contribution in [0, 0.1) is 17.3 Å². The Kier molecular flexibility index (Phi) is 3.77. The van der Waals surface area contributed by atoms with Gasteiger partial charge in [-0.15, -0.1) is 0 Å². The van der Waals surface area contributed by atoms with Crippen molar-refractivity contribution >= 4 is 0 Å². The van der Waals surface area contributed by atoms with Gasteiger partial charge in [0.05, 0.1) is 6.10 Å². The molecule has 0 saturated heterocycles. The van der Waals surface area contributed by atoms with E-state index in [2.05, 4.69) is 46.8 Å². The first-order valence-corrected chi connectivity index (χ1v) is 5.88. The lowest BCUT2D eigenvalue weighted by Crippen LogP contribution is -2.27. The highest BCUT2D eigenvalue weighted by Crippen LogP contribution is 2.39. The van der Waals surface area contributed by atoms with Crippen molar-refractivity contribution in [2.45, 2.75) is 47.1 Å². The summed E-state index contributed by atoms with van der Waals surface area (Å²) in [5, 5.41) is 9.42. The molecule has 0 amide bonds. The van der Waals surface area contributed by atoms with Crippen molar-refractivity contribution in [1.82, 2.24) is 0 Å². The Labute approximate surface area is 93.9 Å². The predicted molar refractivity (Wildman–Crippen MR) is 65.6 cm³/mol. The molecule has 0 spiro atoms. The lowest BCUT2D eigenvalue weighted by molar-refractivity contribution is 0.207. The smallest absolute Gasteiger partial charge is 0.0758 e. The maximum atomic E-state index is 9.42. The third kappa shape index (κ3) is 3.20. The van der Waals surface area contributed by atoms with Crippen LogP contribution < -0.4 is 0 Å². The van der Waals surface area contributed by atoms with Crippen molar-refractivity contribution < 1.29 is 5.11 Å². The van der Waals surface area contributed by atoms with Crippen LogP contribution in [0.15, 0.2) is 23.8 Å². The van der Waals surface area contributed by atoms with E-state index >= 15 is 0 Å². The number of aliphatic hydroxyl groups excluding tert-OH is 1. The van der Waals surface area contributed by atoms with Crippen LogP contribution in [0.1, 0.15) is 41.0 Å². The SMILES string of the molecule is CC(C)C(C1=CCC(O)C=C1)C(C)(C)C. The molecule has 0 fully saturated rings. The molecule has 1 aliphatic carbocycles. The van der Waals surface area contributed by atoms with Gasteiger partial charge in [-0.05, 0) is 29.2 Å². The Morgan fingerprint density at radius 3 is 2.27 bits per heavy atom. The van der Waals surface area contributed by atoms with Crippen molar-refractivity contribution in [3.8, 4) is 0 Å². The third-order valence-electron chi connectivity index (χ3n) is 3.06. The molecule has 0 aromatic heterocycles. The van der Waals surface area contributed by atoms with E-state index in [9.17, 15) is 5.11 Å². The van der Waals surface area contributed by atoms with Gasteiger partial charge in [-0.2, -0.15) is 0 Å². The van der Waals surface area contributed by atoms with Crippen LogP contribution in [0.25, 0.3) is 0 Å². The van der Waals surface area contributed by atoms with Gasteiger partial charge in [0, 0.05) is 0 Å². The molecular weight excluding hydrogens is 184 g/mol. The maximum Gasteiger partial charge on any atom is 0.0758 e. The van der Waals surface area contributed by atoms with Gasteiger partial charge < -0.3 is 5.11 Å². The van der Waals surface area contributed by atoms with E-state index < -0.39 is 0 Å². The molecule has 15 heavy (non-hydrogen) atoms. The minimum atomic E-state index is -0.276. The van der Waals surface area contributed by atoms with Crippen LogP contribution in [-0.2, 0) is 0 Å². The second kappa shape index (κ2) is 4.52. The summed E-state index contributed by atoms with van der Waals surface area (Å²) in [6, 6.07) is 0. The normalized spacial score (nSPS) is 24.2. The van der Waals surface area contributed by atoms with Crippen molar-refractivity contribution in [3.05, 3.63) is 23.8 Å². The number of hydrogen-bond acceptors (Lipinski definition) is 1. The van der Waals surface area contributed by atoms with E-state index in [4.69, 9.17) is 0 Å². The molecule has 0 saturated carbocycles. The van der Waals surface area contributed by atoms with E-state index in [0.29, 0.717) is 11.8 Å². The molecule has 1 nitrogen and oxygen atoms in total. The zero-order valence-corrected chi connectivity index (χ0v) is 10.6. The highest BCUT2D eigenvalue weighted by atomic mass is 16.3. The summed E-state index contributed by atoms with van der Waals surface area (Å²) in [6.45, 7) is 11.4. The molecular formula is C14H24O. The summed E-state index contributed by atoms with van der Waals surface area (Å²) in [7, 11) is 0. The number of rotatable bonds is 2. The average Bonchev–Trinajstić information content (AvgIpc) is 2.05. The zero-order valence-electron chi connectivity index (χ0n) is 10.6. The van der Waals surface area contributed by atoms with Crippen molar-refractivity contribution in [2.75, 3.05) is 0 Å². The Balaban J connectivity index is 2.88. The summed E-state index contributed by atoms with van der Waals surface area (Å²) in [6.07, 6.45) is 6.70. The molecule has 0 heterocycles. The summed E-state index contributed by atoms with van der Waals surface area (Å²) in [4.78, 5) is 0. The first-order valence-electron chi connectivity index (χ1n) is 5.88. The molecule has 1 N–H and O–H groups in total. The fraction of sp³-hybridized carbons (Fsp3) is 0.714. The van der Waals surface area contributed by atoms with Gasteiger partial charge >= 0.3 is 0 Å². The van der Waals surface area contributed by atoms with Crippen LogP contribution in [0.4, 0.5) is 0 Å². The number of hydrogen-bond donors (Lipinski definition) is 1. The largest absolute Gasteiger partial charge is 0.389 e. The Morgan fingerprint density at radius 1 is 1.33 bits per heavy atom. The Hall–Kier alpha value is -0.560. The fourth-order valence-electron chi connectivity index (χ4n) is 2.74. The molecule has 1 heteroatoms. The van der Waals surface area contributed by atoms with Crippen molar-refractivity contribution in [3.63, 3.8) is 0 Å². The molecule has 1 rings (SSSR count). The maximum absolute atomic E-state index is 9.42. The second-order valence-electron chi connectivity index (χ2n) is 5.95. The first kappa shape index (κ1) is 12.5. The zero-order chi connectivity index (χ0) is 11.6. The lowest BCUT2D eigenvalue weighted by atomic mass is 9.69. The highest BCUT2D eigenvalue weighted by Gasteiger charge is 2.30. The number of allylic oxidation sites excluding steroid dienone is 2. The van der Waals surface area contributed by atoms with Crippen molar-refractivity contribution in [2.24, 2.45) is 17.3 Å². The van der Waals surface area contributed by atoms with E-state index in [1.54, 1.807) is 0 Å². The van der Waals surface area contributed by atoms with Gasteiger partial charge in [0.2, 0.25) is 0 Å². The molecule has 0 aliphatic heterocycles. The van der Waals surface area contributed by atoms with Gasteiger partial charge in [0.25, 0.3) is 0 Å². The lowest BCUT2D eigenvalue weighted by Gasteiger charge is -2.36. The standard InChI is InChI=1S/C14H24O/c1-10(2)13(14(3,4)5)11-6-8-12(15)9-7-11/h6-8,10,12-13,15H,9H2,1-5H3. The monoisotopic (exact) mass is 208 g/mol. The number of aliphatic hydroxyl groups is 1. The third-order valence-corrected chi connectivity index (χ3v) is 3.06. The van der Waals surface area contributed by atoms with Gasteiger partial charge in [-0.3, -0.25) is 0 Å². The molecule has 0 bridgehead atoms. The molecule has 0 aromatic rings. The average molecular weight is 208 g/mol. The predicted octanol–water partition coefficient (Wildman–Crippen LogP) is 3.55. The Bertz CT molecular complexity index is 266. The van der Waals surface area contributed by atoms with Gasteiger partial charge in [0.1, 0.15) is 0 Å².